The largest absolute Gasteiger partial charge is 0.480 e. The molecule has 0 unspecified atom stereocenters. The number of carboxylic acids is 1. The van der Waals surface area contributed by atoms with Gasteiger partial charge in [0.25, 0.3) is 0 Å². The maximum Gasteiger partial charge on any atom is 0.323 e. The van der Waals surface area contributed by atoms with Crippen LogP contribution >= 0.6 is 0 Å². The molecule has 5 nitrogen and oxygen atoms in total. The lowest BCUT2D eigenvalue weighted by atomic mass is 10.2. The Morgan fingerprint density at radius 3 is 2.71 bits per heavy atom. The van der Waals surface area contributed by atoms with E-state index < -0.39 is 5.97 Å². The average Bonchev–Trinajstić information content (AvgIpc) is 2.17. The molecule has 0 aliphatic carbocycles. The highest BCUT2D eigenvalue weighted by Gasteiger charge is 2.19. The first kappa shape index (κ1) is 10.6. The fourth-order valence-corrected chi connectivity index (χ4v) is 1.33. The molecule has 1 rings (SSSR count). The van der Waals surface area contributed by atoms with Crippen LogP contribution in [0.5, 0.6) is 0 Å². The summed E-state index contributed by atoms with van der Waals surface area (Å²) in [6.45, 7) is 0.987. The van der Waals surface area contributed by atoms with Gasteiger partial charge in [0.05, 0.1) is 0 Å². The molecule has 0 aromatic carbocycles. The zero-order valence-corrected chi connectivity index (χ0v) is 8.14. The molecule has 0 radical (unpaired) electrons. The summed E-state index contributed by atoms with van der Waals surface area (Å²) < 4.78 is 0. The van der Waals surface area contributed by atoms with Crippen molar-refractivity contribution in [1.82, 2.24) is 9.80 Å². The minimum absolute atomic E-state index is 0.225. The molecule has 0 aromatic heterocycles. The van der Waals surface area contributed by atoms with Crippen molar-refractivity contribution in [2.75, 3.05) is 26.7 Å². The quantitative estimate of drug-likeness (QED) is 0.653. The number of carboxylic acid groups (broad SMARTS) is 1. The Kier molecular flexibility index (Phi) is 3.50. The Hall–Kier alpha value is -1.52. The standard InChI is InChI=1S/C9H14N2O3/c1-10(7-8(12)13)9(14)11-5-3-2-4-6-11/h2-3H,4-7H2,1H3,(H,12,13). The number of aliphatic carboxylic acids is 1. The molecule has 0 bridgehead atoms. The van der Waals surface area contributed by atoms with Crippen LogP contribution in [0.1, 0.15) is 6.42 Å². The average molecular weight is 198 g/mol. The summed E-state index contributed by atoms with van der Waals surface area (Å²) in [6.07, 6.45) is 4.77. The van der Waals surface area contributed by atoms with Gasteiger partial charge in [-0.05, 0) is 6.42 Å². The van der Waals surface area contributed by atoms with Gasteiger partial charge < -0.3 is 14.9 Å². The number of nitrogens with zero attached hydrogens (tertiary/aromatic N) is 2. The van der Waals surface area contributed by atoms with Gasteiger partial charge in [-0.3, -0.25) is 4.79 Å². The van der Waals surface area contributed by atoms with E-state index in [1.165, 1.54) is 11.9 Å². The molecule has 0 atom stereocenters. The van der Waals surface area contributed by atoms with Crippen molar-refractivity contribution in [2.24, 2.45) is 0 Å². The van der Waals surface area contributed by atoms with Gasteiger partial charge >= 0.3 is 12.0 Å². The van der Waals surface area contributed by atoms with Crippen molar-refractivity contribution in [3.63, 3.8) is 0 Å². The van der Waals surface area contributed by atoms with E-state index in [-0.39, 0.29) is 12.6 Å². The van der Waals surface area contributed by atoms with E-state index in [0.29, 0.717) is 13.1 Å². The molecule has 1 aliphatic rings. The third kappa shape index (κ3) is 2.76. The third-order valence-corrected chi connectivity index (χ3v) is 2.03. The Labute approximate surface area is 82.6 Å². The maximum atomic E-state index is 11.6. The lowest BCUT2D eigenvalue weighted by molar-refractivity contribution is -0.137. The van der Waals surface area contributed by atoms with Crippen molar-refractivity contribution in [3.05, 3.63) is 12.2 Å². The first-order chi connectivity index (χ1) is 6.61. The van der Waals surface area contributed by atoms with Gasteiger partial charge in [0.15, 0.2) is 0 Å². The summed E-state index contributed by atoms with van der Waals surface area (Å²) in [7, 11) is 1.49. The maximum absolute atomic E-state index is 11.6. The molecule has 0 saturated heterocycles. The van der Waals surface area contributed by atoms with Crippen LogP contribution in [-0.2, 0) is 4.79 Å². The number of urea groups is 1. The molecule has 2 amide bonds. The first-order valence-electron chi connectivity index (χ1n) is 4.48. The number of hydrogen-bond donors (Lipinski definition) is 1. The second-order valence-corrected chi connectivity index (χ2v) is 3.24. The molecule has 0 spiro atoms. The summed E-state index contributed by atoms with van der Waals surface area (Å²) in [5, 5.41) is 8.50. The van der Waals surface area contributed by atoms with Gasteiger partial charge in [-0.2, -0.15) is 0 Å². The minimum Gasteiger partial charge on any atom is -0.480 e. The zero-order valence-electron chi connectivity index (χ0n) is 8.14. The van der Waals surface area contributed by atoms with Crippen LogP contribution < -0.4 is 0 Å². The normalized spacial score (nSPS) is 15.4. The molecule has 0 aromatic rings. The summed E-state index contributed by atoms with van der Waals surface area (Å²) >= 11 is 0. The second kappa shape index (κ2) is 4.64. The van der Waals surface area contributed by atoms with Crippen LogP contribution in [0.25, 0.3) is 0 Å². The number of amides is 2. The van der Waals surface area contributed by atoms with Crippen molar-refractivity contribution < 1.29 is 14.7 Å². The van der Waals surface area contributed by atoms with E-state index >= 15 is 0 Å². The summed E-state index contributed by atoms with van der Waals surface area (Å²) in [4.78, 5) is 24.8. The van der Waals surface area contributed by atoms with E-state index in [9.17, 15) is 9.59 Å². The van der Waals surface area contributed by atoms with Gasteiger partial charge in [-0.25, -0.2) is 4.79 Å². The van der Waals surface area contributed by atoms with Crippen LogP contribution in [0, 0.1) is 0 Å². The molecule has 5 heteroatoms. The third-order valence-electron chi connectivity index (χ3n) is 2.03. The summed E-state index contributed by atoms with van der Waals surface area (Å²) in [5.74, 6) is -0.992. The lowest BCUT2D eigenvalue weighted by Gasteiger charge is -2.27. The Bertz CT molecular complexity index is 263. The monoisotopic (exact) mass is 198 g/mol. The minimum atomic E-state index is -0.992. The molecule has 1 N–H and O–H groups in total. The number of likely N-dealkylation sites (N-methyl/N-ethyl adjacent to an activating group) is 1. The van der Waals surface area contributed by atoms with Crippen LogP contribution in [0.2, 0.25) is 0 Å². The van der Waals surface area contributed by atoms with E-state index in [1.54, 1.807) is 4.90 Å². The van der Waals surface area contributed by atoms with Crippen molar-refractivity contribution in [3.8, 4) is 0 Å². The van der Waals surface area contributed by atoms with E-state index in [2.05, 4.69) is 0 Å². The molecular formula is C9H14N2O3. The number of carbonyl (C=O) groups is 2. The van der Waals surface area contributed by atoms with Gasteiger partial charge in [-0.1, -0.05) is 12.2 Å². The summed E-state index contributed by atoms with van der Waals surface area (Å²) in [5.41, 5.74) is 0. The molecule has 1 heterocycles. The summed E-state index contributed by atoms with van der Waals surface area (Å²) in [6, 6.07) is -0.225. The first-order valence-corrected chi connectivity index (χ1v) is 4.48. The van der Waals surface area contributed by atoms with E-state index in [4.69, 9.17) is 5.11 Å². The van der Waals surface area contributed by atoms with Crippen molar-refractivity contribution >= 4 is 12.0 Å². The van der Waals surface area contributed by atoms with Gasteiger partial charge in [0, 0.05) is 20.1 Å². The lowest BCUT2D eigenvalue weighted by Crippen LogP contribution is -2.44. The fraction of sp³-hybridized carbons (Fsp3) is 0.556. The molecule has 0 fully saturated rings. The number of rotatable bonds is 2. The Morgan fingerprint density at radius 1 is 1.50 bits per heavy atom. The van der Waals surface area contributed by atoms with E-state index in [0.717, 1.165) is 6.42 Å². The highest BCUT2D eigenvalue weighted by atomic mass is 16.4. The van der Waals surface area contributed by atoms with Crippen LogP contribution in [0.15, 0.2) is 12.2 Å². The molecule has 1 aliphatic heterocycles. The number of carbonyl (C=O) groups excluding carboxylic acids is 1. The molecule has 78 valence electrons. The topological polar surface area (TPSA) is 60.9 Å². The SMILES string of the molecule is CN(CC(=O)O)C(=O)N1CC=CCC1. The van der Waals surface area contributed by atoms with Gasteiger partial charge in [0.1, 0.15) is 6.54 Å². The van der Waals surface area contributed by atoms with E-state index in [1.807, 2.05) is 12.2 Å². The predicted octanol–water partition coefficient (Wildman–Crippen LogP) is 0.385. The highest BCUT2D eigenvalue weighted by molar-refractivity contribution is 5.80. The fourth-order valence-electron chi connectivity index (χ4n) is 1.33. The Morgan fingerprint density at radius 2 is 2.21 bits per heavy atom. The number of hydrogen-bond acceptors (Lipinski definition) is 2. The van der Waals surface area contributed by atoms with Crippen LogP contribution in [0.3, 0.4) is 0 Å². The molecule has 14 heavy (non-hydrogen) atoms. The smallest absolute Gasteiger partial charge is 0.323 e. The molecule has 0 saturated carbocycles. The predicted molar refractivity (Wildman–Crippen MR) is 51.0 cm³/mol. The second-order valence-electron chi connectivity index (χ2n) is 3.24. The van der Waals surface area contributed by atoms with Crippen LogP contribution in [0.4, 0.5) is 4.79 Å². The highest BCUT2D eigenvalue weighted by Crippen LogP contribution is 2.04. The van der Waals surface area contributed by atoms with Crippen LogP contribution in [-0.4, -0.2) is 53.6 Å². The van der Waals surface area contributed by atoms with Crippen molar-refractivity contribution in [1.29, 1.82) is 0 Å². The van der Waals surface area contributed by atoms with Gasteiger partial charge in [-0.15, -0.1) is 0 Å². The molecular weight excluding hydrogens is 184 g/mol. The Balaban J connectivity index is 2.47. The zero-order chi connectivity index (χ0) is 10.6. The van der Waals surface area contributed by atoms with Crippen molar-refractivity contribution in [2.45, 2.75) is 6.42 Å². The van der Waals surface area contributed by atoms with Gasteiger partial charge in [0.2, 0.25) is 0 Å².